The van der Waals surface area contributed by atoms with Crippen molar-refractivity contribution in [1.82, 2.24) is 4.90 Å². The Hall–Kier alpha value is -1.39. The summed E-state index contributed by atoms with van der Waals surface area (Å²) in [6.45, 7) is 10.8. The van der Waals surface area contributed by atoms with E-state index in [0.717, 1.165) is 6.54 Å². The van der Waals surface area contributed by atoms with Gasteiger partial charge in [0.25, 0.3) is 0 Å². The highest BCUT2D eigenvalue weighted by atomic mass is 16.6. The van der Waals surface area contributed by atoms with Crippen LogP contribution in [0, 0.1) is 5.92 Å². The Morgan fingerprint density at radius 3 is 2.21 bits per heavy atom. The zero-order chi connectivity index (χ0) is 18.3. The maximum Gasteiger partial charge on any atom is 0.309 e. The Bertz CT molecular complexity index is 493. The molecule has 4 heteroatoms. The van der Waals surface area contributed by atoms with Gasteiger partial charge in [-0.2, -0.15) is 0 Å². The van der Waals surface area contributed by atoms with Crippen LogP contribution in [0.5, 0.6) is 0 Å². The van der Waals surface area contributed by atoms with Crippen molar-refractivity contribution in [2.24, 2.45) is 5.92 Å². The Kier molecular flexibility index (Phi) is 7.91. The zero-order valence-electron chi connectivity index (χ0n) is 16.2. The van der Waals surface area contributed by atoms with E-state index in [2.05, 4.69) is 37.9 Å². The minimum absolute atomic E-state index is 0.128. The van der Waals surface area contributed by atoms with Crippen LogP contribution < -0.4 is 0 Å². The highest BCUT2D eigenvalue weighted by molar-refractivity contribution is 5.70. The molecule has 0 spiro atoms. The Labute approximate surface area is 147 Å². The molecular weight excluding hydrogens is 302 g/mol. The molecule has 0 radical (unpaired) electrons. The highest BCUT2D eigenvalue weighted by Gasteiger charge is 2.31. The average molecular weight is 335 g/mol. The first kappa shape index (κ1) is 20.7. The summed E-state index contributed by atoms with van der Waals surface area (Å²) in [4.78, 5) is 14.5. The van der Waals surface area contributed by atoms with Gasteiger partial charge in [-0.1, -0.05) is 44.2 Å². The first-order chi connectivity index (χ1) is 11.1. The van der Waals surface area contributed by atoms with Crippen LogP contribution in [0.4, 0.5) is 0 Å². The summed E-state index contributed by atoms with van der Waals surface area (Å²) in [7, 11) is 3.75. The maximum absolute atomic E-state index is 12.2. The summed E-state index contributed by atoms with van der Waals surface area (Å²) >= 11 is 0. The number of rotatable bonds is 8. The van der Waals surface area contributed by atoms with Crippen LogP contribution in [-0.4, -0.2) is 42.8 Å². The average Bonchev–Trinajstić information content (AvgIpc) is 2.45. The summed E-state index contributed by atoms with van der Waals surface area (Å²) in [5.41, 5.74) is 0.774. The Morgan fingerprint density at radius 2 is 1.75 bits per heavy atom. The third-order valence-corrected chi connectivity index (χ3v) is 3.94. The van der Waals surface area contributed by atoms with Crippen LogP contribution in [0.15, 0.2) is 30.3 Å². The number of benzene rings is 1. The third-order valence-electron chi connectivity index (χ3n) is 3.94. The minimum Gasteiger partial charge on any atom is -0.460 e. The number of hydrogen-bond acceptors (Lipinski definition) is 4. The summed E-state index contributed by atoms with van der Waals surface area (Å²) in [6.07, 6.45) is 0.0593. The van der Waals surface area contributed by atoms with Gasteiger partial charge in [-0.25, -0.2) is 0 Å². The Morgan fingerprint density at radius 1 is 1.17 bits per heavy atom. The number of likely N-dealkylation sites (N-methyl/N-ethyl adjacent to an activating group) is 1. The quantitative estimate of drug-likeness (QED) is 0.676. The van der Waals surface area contributed by atoms with E-state index >= 15 is 0 Å². The second-order valence-electron chi connectivity index (χ2n) is 7.70. The molecular formula is C20H33NO3. The molecule has 0 aliphatic carbocycles. The fraction of sp³-hybridized carbons (Fsp3) is 0.650. The number of nitrogens with zero attached hydrogens (tertiary/aromatic N) is 1. The molecule has 0 saturated carbocycles. The standard InChI is InChI=1S/C20H33NO3/c1-15(2)19(21(6)14-16-11-9-8-10-12-16)17(23-7)13-18(22)24-20(3,4)5/h8-12,15,17,19H,13-14H2,1-7H3/t17-,19+/m1/s1. The molecule has 0 aromatic heterocycles. The monoisotopic (exact) mass is 335 g/mol. The molecule has 4 nitrogen and oxygen atoms in total. The normalized spacial score (nSPS) is 14.7. The third kappa shape index (κ3) is 7.02. The molecule has 0 unspecified atom stereocenters. The molecule has 1 aromatic rings. The van der Waals surface area contributed by atoms with E-state index in [1.165, 1.54) is 5.56 Å². The second-order valence-corrected chi connectivity index (χ2v) is 7.70. The van der Waals surface area contributed by atoms with Crippen molar-refractivity contribution in [2.75, 3.05) is 14.2 Å². The van der Waals surface area contributed by atoms with Gasteiger partial charge in [-0.05, 0) is 39.3 Å². The molecule has 0 aliphatic rings. The topological polar surface area (TPSA) is 38.8 Å². The second kappa shape index (κ2) is 9.19. The first-order valence-corrected chi connectivity index (χ1v) is 8.63. The summed E-state index contributed by atoms with van der Waals surface area (Å²) < 4.78 is 11.1. The lowest BCUT2D eigenvalue weighted by molar-refractivity contribution is -0.159. The molecule has 0 N–H and O–H groups in total. The Balaban J connectivity index is 2.81. The van der Waals surface area contributed by atoms with E-state index in [9.17, 15) is 4.79 Å². The van der Waals surface area contributed by atoms with Gasteiger partial charge in [0.2, 0.25) is 0 Å². The number of hydrogen-bond donors (Lipinski definition) is 0. The van der Waals surface area contributed by atoms with E-state index in [1.54, 1.807) is 7.11 Å². The molecule has 0 heterocycles. The van der Waals surface area contributed by atoms with Crippen LogP contribution in [0.25, 0.3) is 0 Å². The van der Waals surface area contributed by atoms with Crippen LogP contribution >= 0.6 is 0 Å². The fourth-order valence-corrected chi connectivity index (χ4v) is 3.09. The zero-order valence-corrected chi connectivity index (χ0v) is 16.2. The number of methoxy groups -OCH3 is 1. The van der Waals surface area contributed by atoms with E-state index < -0.39 is 5.60 Å². The smallest absolute Gasteiger partial charge is 0.309 e. The van der Waals surface area contributed by atoms with Gasteiger partial charge in [0, 0.05) is 19.7 Å². The molecule has 1 aromatic carbocycles. The van der Waals surface area contributed by atoms with Gasteiger partial charge in [0.15, 0.2) is 0 Å². The molecule has 0 amide bonds. The molecule has 2 atom stereocenters. The van der Waals surface area contributed by atoms with E-state index in [-0.39, 0.29) is 24.5 Å². The van der Waals surface area contributed by atoms with Gasteiger partial charge >= 0.3 is 5.97 Å². The van der Waals surface area contributed by atoms with Gasteiger partial charge < -0.3 is 9.47 Å². The van der Waals surface area contributed by atoms with Crippen molar-refractivity contribution >= 4 is 5.97 Å². The lowest BCUT2D eigenvalue weighted by atomic mass is 9.94. The van der Waals surface area contributed by atoms with Crippen LogP contribution in [0.2, 0.25) is 0 Å². The number of carbonyl (C=O) groups excluding carboxylic acids is 1. The highest BCUT2D eigenvalue weighted by Crippen LogP contribution is 2.22. The maximum atomic E-state index is 12.2. The molecule has 1 rings (SSSR count). The lowest BCUT2D eigenvalue weighted by Crippen LogP contribution is -2.46. The predicted molar refractivity (Wildman–Crippen MR) is 97.8 cm³/mol. The van der Waals surface area contributed by atoms with Crippen molar-refractivity contribution in [3.05, 3.63) is 35.9 Å². The van der Waals surface area contributed by atoms with Crippen molar-refractivity contribution in [2.45, 2.75) is 65.3 Å². The molecule has 136 valence electrons. The van der Waals surface area contributed by atoms with Crippen LogP contribution in [-0.2, 0) is 20.8 Å². The molecule has 0 fully saturated rings. The van der Waals surface area contributed by atoms with Crippen molar-refractivity contribution in [1.29, 1.82) is 0 Å². The molecule has 24 heavy (non-hydrogen) atoms. The number of esters is 1. The van der Waals surface area contributed by atoms with E-state index in [1.807, 2.05) is 39.0 Å². The van der Waals surface area contributed by atoms with Gasteiger partial charge in [-0.3, -0.25) is 9.69 Å². The predicted octanol–water partition coefficient (Wildman–Crippen LogP) is 3.89. The van der Waals surface area contributed by atoms with Crippen LogP contribution in [0.3, 0.4) is 0 Å². The summed E-state index contributed by atoms with van der Waals surface area (Å²) in [6, 6.07) is 10.5. The van der Waals surface area contributed by atoms with Gasteiger partial charge in [-0.15, -0.1) is 0 Å². The largest absolute Gasteiger partial charge is 0.460 e. The summed E-state index contributed by atoms with van der Waals surface area (Å²) in [5, 5.41) is 0. The van der Waals surface area contributed by atoms with E-state index in [4.69, 9.17) is 9.47 Å². The minimum atomic E-state index is -0.474. The molecule has 0 bridgehead atoms. The first-order valence-electron chi connectivity index (χ1n) is 8.63. The number of carbonyl (C=O) groups is 1. The van der Waals surface area contributed by atoms with Crippen molar-refractivity contribution in [3.8, 4) is 0 Å². The van der Waals surface area contributed by atoms with Gasteiger partial charge in [0.1, 0.15) is 5.60 Å². The van der Waals surface area contributed by atoms with Crippen molar-refractivity contribution < 1.29 is 14.3 Å². The SMILES string of the molecule is CO[C@H](CC(=O)OC(C)(C)C)[C@H](C(C)C)N(C)Cc1ccccc1. The number of ether oxygens (including phenoxy) is 2. The van der Waals surface area contributed by atoms with E-state index in [0.29, 0.717) is 5.92 Å². The van der Waals surface area contributed by atoms with Gasteiger partial charge in [0.05, 0.1) is 12.5 Å². The lowest BCUT2D eigenvalue weighted by Gasteiger charge is -2.36. The molecule has 0 aliphatic heterocycles. The molecule has 0 saturated heterocycles. The van der Waals surface area contributed by atoms with Crippen molar-refractivity contribution in [3.63, 3.8) is 0 Å². The summed E-state index contributed by atoms with van der Waals surface area (Å²) in [5.74, 6) is 0.138. The van der Waals surface area contributed by atoms with Crippen LogP contribution in [0.1, 0.15) is 46.6 Å². The fourth-order valence-electron chi connectivity index (χ4n) is 3.09.